The Morgan fingerprint density at radius 3 is 2.67 bits per heavy atom. The van der Waals surface area contributed by atoms with E-state index in [4.69, 9.17) is 4.74 Å². The van der Waals surface area contributed by atoms with E-state index in [0.717, 1.165) is 17.7 Å². The Morgan fingerprint density at radius 1 is 1.40 bits per heavy atom. The van der Waals surface area contributed by atoms with E-state index < -0.39 is 0 Å². The number of hydrogen-bond donors (Lipinski definition) is 0. The van der Waals surface area contributed by atoms with Crippen LogP contribution in [0, 0.1) is 19.8 Å². The van der Waals surface area contributed by atoms with E-state index in [1.165, 1.54) is 16.7 Å². The minimum atomic E-state index is 0.106. The number of benzene rings is 1. The summed E-state index contributed by atoms with van der Waals surface area (Å²) in [4.78, 5) is 12.0. The lowest BCUT2D eigenvalue weighted by molar-refractivity contribution is 0.0944. The number of ether oxygens (including phenoxy) is 1. The van der Waals surface area contributed by atoms with Crippen LogP contribution >= 0.6 is 0 Å². The molecule has 1 unspecified atom stereocenters. The first-order valence-corrected chi connectivity index (χ1v) is 5.27. The molecule has 0 aromatic heterocycles. The number of methoxy groups -OCH3 is 1. The maximum atomic E-state index is 12.0. The molecule has 0 heterocycles. The number of aryl methyl sites for hydroxylation is 1. The van der Waals surface area contributed by atoms with Crippen molar-refractivity contribution in [1.29, 1.82) is 0 Å². The van der Waals surface area contributed by atoms with Gasteiger partial charge in [0.2, 0.25) is 0 Å². The van der Waals surface area contributed by atoms with Crippen LogP contribution in [0.1, 0.15) is 34.0 Å². The Balaban J connectivity index is 2.71. The van der Waals surface area contributed by atoms with E-state index in [1.807, 2.05) is 13.0 Å². The number of ketones is 1. The van der Waals surface area contributed by atoms with E-state index in [0.29, 0.717) is 0 Å². The number of carbonyl (C=O) groups is 1. The standard InChI is InChI=1S/C13H16O2/c1-7-6-11(15-4)12-10(9(7)3)5-8(2)13(12)14/h6,8H,5H2,1-4H3. The number of rotatable bonds is 1. The zero-order valence-electron chi connectivity index (χ0n) is 9.68. The van der Waals surface area contributed by atoms with Gasteiger partial charge in [-0.2, -0.15) is 0 Å². The average Bonchev–Trinajstić information content (AvgIpc) is 2.50. The van der Waals surface area contributed by atoms with Crippen LogP contribution in [0.5, 0.6) is 5.75 Å². The lowest BCUT2D eigenvalue weighted by atomic mass is 9.98. The number of hydrogen-bond acceptors (Lipinski definition) is 2. The molecule has 1 aromatic carbocycles. The molecule has 1 aliphatic carbocycles. The summed E-state index contributed by atoms with van der Waals surface area (Å²) in [6.45, 7) is 6.13. The van der Waals surface area contributed by atoms with Crippen molar-refractivity contribution in [2.24, 2.45) is 5.92 Å². The largest absolute Gasteiger partial charge is 0.496 e. The van der Waals surface area contributed by atoms with Crippen LogP contribution in [0.3, 0.4) is 0 Å². The molecule has 0 aliphatic heterocycles. The predicted molar refractivity (Wildman–Crippen MR) is 59.7 cm³/mol. The summed E-state index contributed by atoms with van der Waals surface area (Å²) in [6, 6.07) is 1.96. The molecule has 0 saturated heterocycles. The molecule has 2 rings (SSSR count). The van der Waals surface area contributed by atoms with Gasteiger partial charge in [0.25, 0.3) is 0 Å². The van der Waals surface area contributed by atoms with Crippen LogP contribution in [0.25, 0.3) is 0 Å². The summed E-state index contributed by atoms with van der Waals surface area (Å²) in [7, 11) is 1.63. The van der Waals surface area contributed by atoms with Crippen molar-refractivity contribution in [2.45, 2.75) is 27.2 Å². The molecule has 0 amide bonds. The van der Waals surface area contributed by atoms with E-state index in [2.05, 4.69) is 13.8 Å². The molecule has 1 atom stereocenters. The van der Waals surface area contributed by atoms with Gasteiger partial charge in [-0.3, -0.25) is 4.79 Å². The first-order valence-electron chi connectivity index (χ1n) is 5.27. The van der Waals surface area contributed by atoms with Crippen molar-refractivity contribution >= 4 is 5.78 Å². The molecule has 15 heavy (non-hydrogen) atoms. The second-order valence-electron chi connectivity index (χ2n) is 4.34. The predicted octanol–water partition coefficient (Wildman–Crippen LogP) is 2.69. The third kappa shape index (κ3) is 1.36. The SMILES string of the molecule is COc1cc(C)c(C)c2c1C(=O)C(C)C2. The topological polar surface area (TPSA) is 26.3 Å². The molecular formula is C13H16O2. The minimum Gasteiger partial charge on any atom is -0.496 e. The molecular weight excluding hydrogens is 188 g/mol. The van der Waals surface area contributed by atoms with E-state index in [-0.39, 0.29) is 11.7 Å². The van der Waals surface area contributed by atoms with Gasteiger partial charge >= 0.3 is 0 Å². The zero-order chi connectivity index (χ0) is 11.2. The van der Waals surface area contributed by atoms with Crippen molar-refractivity contribution in [3.63, 3.8) is 0 Å². The highest BCUT2D eigenvalue weighted by Crippen LogP contribution is 2.37. The van der Waals surface area contributed by atoms with Gasteiger partial charge in [0.05, 0.1) is 12.7 Å². The summed E-state index contributed by atoms with van der Waals surface area (Å²) in [6.07, 6.45) is 0.859. The first-order chi connectivity index (χ1) is 7.06. The zero-order valence-corrected chi connectivity index (χ0v) is 9.68. The molecule has 80 valence electrons. The van der Waals surface area contributed by atoms with Gasteiger partial charge in [-0.05, 0) is 43.0 Å². The summed E-state index contributed by atoms with van der Waals surface area (Å²) >= 11 is 0. The van der Waals surface area contributed by atoms with Crippen LogP contribution < -0.4 is 4.74 Å². The first kappa shape index (κ1) is 10.2. The van der Waals surface area contributed by atoms with Crippen molar-refractivity contribution in [3.05, 3.63) is 28.3 Å². The van der Waals surface area contributed by atoms with Gasteiger partial charge in [-0.15, -0.1) is 0 Å². The van der Waals surface area contributed by atoms with Gasteiger partial charge in [-0.25, -0.2) is 0 Å². The quantitative estimate of drug-likeness (QED) is 0.703. The summed E-state index contributed by atoms with van der Waals surface area (Å²) < 4.78 is 5.29. The van der Waals surface area contributed by atoms with E-state index in [1.54, 1.807) is 7.11 Å². The molecule has 1 aliphatic rings. The normalized spacial score (nSPS) is 19.2. The van der Waals surface area contributed by atoms with Gasteiger partial charge in [-0.1, -0.05) is 6.92 Å². The van der Waals surface area contributed by atoms with Gasteiger partial charge in [0.15, 0.2) is 5.78 Å². The number of fused-ring (bicyclic) bond motifs is 1. The summed E-state index contributed by atoms with van der Waals surface area (Å²) in [5.74, 6) is 1.07. The fraction of sp³-hybridized carbons (Fsp3) is 0.462. The molecule has 2 heteroatoms. The lowest BCUT2D eigenvalue weighted by Crippen LogP contribution is -2.04. The molecule has 1 aromatic rings. The molecule has 0 N–H and O–H groups in total. The molecule has 0 saturated carbocycles. The second kappa shape index (κ2) is 3.37. The van der Waals surface area contributed by atoms with Crippen LogP contribution in [-0.4, -0.2) is 12.9 Å². The Bertz CT molecular complexity index is 433. The molecule has 0 radical (unpaired) electrons. The highest BCUT2D eigenvalue weighted by Gasteiger charge is 2.31. The van der Waals surface area contributed by atoms with Crippen LogP contribution in [0.2, 0.25) is 0 Å². The fourth-order valence-electron chi connectivity index (χ4n) is 2.28. The Hall–Kier alpha value is -1.31. The molecule has 0 bridgehead atoms. The minimum absolute atomic E-state index is 0.106. The smallest absolute Gasteiger partial charge is 0.170 e. The Morgan fingerprint density at radius 2 is 2.07 bits per heavy atom. The third-order valence-electron chi connectivity index (χ3n) is 3.36. The molecule has 0 fully saturated rings. The van der Waals surface area contributed by atoms with E-state index in [9.17, 15) is 4.79 Å². The summed E-state index contributed by atoms with van der Waals surface area (Å²) in [5, 5.41) is 0. The van der Waals surface area contributed by atoms with E-state index >= 15 is 0 Å². The Kier molecular flexibility index (Phi) is 2.29. The molecule has 0 spiro atoms. The van der Waals surface area contributed by atoms with Crippen LogP contribution in [0.4, 0.5) is 0 Å². The van der Waals surface area contributed by atoms with Crippen LogP contribution in [-0.2, 0) is 6.42 Å². The van der Waals surface area contributed by atoms with Crippen molar-refractivity contribution < 1.29 is 9.53 Å². The monoisotopic (exact) mass is 204 g/mol. The summed E-state index contributed by atoms with van der Waals surface area (Å²) in [5.41, 5.74) is 4.44. The Labute approximate surface area is 90.3 Å². The van der Waals surface area contributed by atoms with Crippen molar-refractivity contribution in [2.75, 3.05) is 7.11 Å². The third-order valence-corrected chi connectivity index (χ3v) is 3.36. The van der Waals surface area contributed by atoms with Gasteiger partial charge in [0.1, 0.15) is 5.75 Å². The highest BCUT2D eigenvalue weighted by molar-refractivity contribution is 6.04. The molecule has 2 nitrogen and oxygen atoms in total. The number of carbonyl (C=O) groups excluding carboxylic acids is 1. The van der Waals surface area contributed by atoms with Gasteiger partial charge in [0, 0.05) is 5.92 Å². The van der Waals surface area contributed by atoms with Gasteiger partial charge < -0.3 is 4.74 Å². The van der Waals surface area contributed by atoms with Crippen molar-refractivity contribution in [1.82, 2.24) is 0 Å². The highest BCUT2D eigenvalue weighted by atomic mass is 16.5. The van der Waals surface area contributed by atoms with Crippen molar-refractivity contribution in [3.8, 4) is 5.75 Å². The fourth-order valence-corrected chi connectivity index (χ4v) is 2.28. The maximum absolute atomic E-state index is 12.0. The maximum Gasteiger partial charge on any atom is 0.170 e. The lowest BCUT2D eigenvalue weighted by Gasteiger charge is -2.11. The number of Topliss-reactive ketones (excluding diaryl/α,β-unsaturated/α-hetero) is 1. The average molecular weight is 204 g/mol. The second-order valence-corrected chi connectivity index (χ2v) is 4.34. The van der Waals surface area contributed by atoms with Crippen LogP contribution in [0.15, 0.2) is 6.07 Å².